The van der Waals surface area contributed by atoms with Gasteiger partial charge in [-0.05, 0) is 48.2 Å². The van der Waals surface area contributed by atoms with Crippen LogP contribution in [0.3, 0.4) is 0 Å². The van der Waals surface area contributed by atoms with Crippen LogP contribution in [0.5, 0.6) is 5.75 Å². The molecule has 9 heteroatoms. The summed E-state index contributed by atoms with van der Waals surface area (Å²) in [6.45, 7) is -0.264. The molecule has 1 saturated heterocycles. The molecule has 0 aliphatic carbocycles. The number of hydrogen-bond acceptors (Lipinski definition) is 6. The van der Waals surface area contributed by atoms with E-state index in [1.165, 1.54) is 24.3 Å². The SMILES string of the molecule is O=C(COc1ccc(C(=O)c2ccccc2)cc1)NCCN1C(=O)S/C(=C\c2ccccc2F)C1=O. The largest absolute Gasteiger partial charge is 0.484 e. The van der Waals surface area contributed by atoms with Gasteiger partial charge in [0.1, 0.15) is 11.6 Å². The van der Waals surface area contributed by atoms with Gasteiger partial charge in [-0.2, -0.15) is 0 Å². The van der Waals surface area contributed by atoms with E-state index in [1.54, 1.807) is 54.6 Å². The molecule has 0 aromatic heterocycles. The van der Waals surface area contributed by atoms with E-state index < -0.39 is 22.9 Å². The van der Waals surface area contributed by atoms with Crippen molar-refractivity contribution in [1.29, 1.82) is 0 Å². The number of imide groups is 1. The van der Waals surface area contributed by atoms with Crippen LogP contribution >= 0.6 is 11.8 Å². The minimum atomic E-state index is -0.538. The molecule has 1 aliphatic heterocycles. The Morgan fingerprint density at radius 3 is 2.31 bits per heavy atom. The molecule has 0 radical (unpaired) electrons. The van der Waals surface area contributed by atoms with Gasteiger partial charge in [0.2, 0.25) is 0 Å². The van der Waals surface area contributed by atoms with E-state index >= 15 is 0 Å². The molecule has 0 saturated carbocycles. The van der Waals surface area contributed by atoms with Crippen molar-refractivity contribution >= 4 is 40.7 Å². The fraction of sp³-hybridized carbons (Fsp3) is 0.111. The van der Waals surface area contributed by atoms with E-state index in [-0.39, 0.29) is 35.9 Å². The average molecular weight is 505 g/mol. The summed E-state index contributed by atoms with van der Waals surface area (Å²) >= 11 is 0.724. The lowest BCUT2D eigenvalue weighted by Crippen LogP contribution is -2.38. The molecule has 3 amide bonds. The van der Waals surface area contributed by atoms with Gasteiger partial charge in [-0.15, -0.1) is 0 Å². The predicted molar refractivity (Wildman–Crippen MR) is 134 cm³/mol. The fourth-order valence-corrected chi connectivity index (χ4v) is 4.25. The second kappa shape index (κ2) is 11.5. The van der Waals surface area contributed by atoms with E-state index in [2.05, 4.69) is 5.32 Å². The van der Waals surface area contributed by atoms with Gasteiger partial charge in [-0.25, -0.2) is 4.39 Å². The first kappa shape index (κ1) is 24.9. The second-order valence-corrected chi connectivity index (χ2v) is 8.71. The van der Waals surface area contributed by atoms with E-state index in [4.69, 9.17) is 4.74 Å². The topological polar surface area (TPSA) is 92.8 Å². The van der Waals surface area contributed by atoms with Crippen molar-refractivity contribution in [3.05, 3.63) is 106 Å². The highest BCUT2D eigenvalue weighted by Crippen LogP contribution is 2.32. The van der Waals surface area contributed by atoms with Gasteiger partial charge >= 0.3 is 0 Å². The van der Waals surface area contributed by atoms with Crippen molar-refractivity contribution in [2.45, 2.75) is 0 Å². The van der Waals surface area contributed by atoms with Gasteiger partial charge < -0.3 is 10.1 Å². The third-order valence-corrected chi connectivity index (χ3v) is 6.15. The summed E-state index contributed by atoms with van der Waals surface area (Å²) in [6.07, 6.45) is 1.34. The molecular formula is C27H21FN2O5S. The molecule has 3 aromatic carbocycles. The van der Waals surface area contributed by atoms with Crippen LogP contribution in [-0.4, -0.2) is 47.4 Å². The minimum Gasteiger partial charge on any atom is -0.484 e. The van der Waals surface area contributed by atoms with Crippen molar-refractivity contribution in [1.82, 2.24) is 10.2 Å². The maximum Gasteiger partial charge on any atom is 0.293 e. The van der Waals surface area contributed by atoms with E-state index in [9.17, 15) is 23.6 Å². The summed E-state index contributed by atoms with van der Waals surface area (Å²) in [4.78, 5) is 50.4. The van der Waals surface area contributed by atoms with Gasteiger partial charge in [0.15, 0.2) is 12.4 Å². The molecule has 1 aliphatic rings. The summed E-state index contributed by atoms with van der Waals surface area (Å²) in [5.74, 6) is -1.17. The summed E-state index contributed by atoms with van der Waals surface area (Å²) in [7, 11) is 0. The van der Waals surface area contributed by atoms with Crippen molar-refractivity contribution in [3.63, 3.8) is 0 Å². The lowest BCUT2D eigenvalue weighted by Gasteiger charge is -2.13. The maximum atomic E-state index is 13.8. The Balaban J connectivity index is 1.23. The summed E-state index contributed by atoms with van der Waals surface area (Å²) in [6, 6.07) is 21.3. The summed E-state index contributed by atoms with van der Waals surface area (Å²) in [5.41, 5.74) is 1.29. The van der Waals surface area contributed by atoms with Gasteiger partial charge in [0.25, 0.3) is 17.1 Å². The zero-order valence-electron chi connectivity index (χ0n) is 19.0. The number of ether oxygens (including phenoxy) is 1. The summed E-state index contributed by atoms with van der Waals surface area (Å²) < 4.78 is 19.3. The normalized spacial score (nSPS) is 14.2. The van der Waals surface area contributed by atoms with Gasteiger partial charge in [-0.3, -0.25) is 24.1 Å². The highest BCUT2D eigenvalue weighted by atomic mass is 32.2. The van der Waals surface area contributed by atoms with Gasteiger partial charge in [0, 0.05) is 29.8 Å². The van der Waals surface area contributed by atoms with Crippen molar-refractivity contribution in [3.8, 4) is 5.75 Å². The van der Waals surface area contributed by atoms with E-state index in [0.717, 1.165) is 16.7 Å². The number of rotatable bonds is 9. The molecule has 0 atom stereocenters. The molecule has 0 spiro atoms. The van der Waals surface area contributed by atoms with Gasteiger partial charge in [-0.1, -0.05) is 48.5 Å². The lowest BCUT2D eigenvalue weighted by molar-refractivity contribution is -0.125. The number of hydrogen-bond donors (Lipinski definition) is 1. The first-order valence-corrected chi connectivity index (χ1v) is 11.8. The third kappa shape index (κ3) is 6.05. The predicted octanol–water partition coefficient (Wildman–Crippen LogP) is 4.29. The monoisotopic (exact) mass is 504 g/mol. The Morgan fingerprint density at radius 2 is 1.58 bits per heavy atom. The van der Waals surface area contributed by atoms with E-state index in [0.29, 0.717) is 16.9 Å². The lowest BCUT2D eigenvalue weighted by atomic mass is 10.0. The van der Waals surface area contributed by atoms with Crippen LogP contribution in [0.2, 0.25) is 0 Å². The van der Waals surface area contributed by atoms with Crippen LogP contribution in [0.4, 0.5) is 9.18 Å². The van der Waals surface area contributed by atoms with Gasteiger partial charge in [0.05, 0.1) is 4.91 Å². The molecule has 36 heavy (non-hydrogen) atoms. The standard InChI is InChI=1S/C27H21FN2O5S/c28-22-9-5-4-8-20(22)16-23-26(33)30(27(34)36-23)15-14-29-24(31)17-35-21-12-10-19(11-13-21)25(32)18-6-2-1-3-7-18/h1-13,16H,14-15,17H2,(H,29,31)/b23-16-. The zero-order valence-corrected chi connectivity index (χ0v) is 19.8. The number of carbonyl (C=O) groups is 4. The van der Waals surface area contributed by atoms with Crippen LogP contribution < -0.4 is 10.1 Å². The molecule has 182 valence electrons. The first-order valence-electron chi connectivity index (χ1n) is 11.0. The van der Waals surface area contributed by atoms with Crippen LogP contribution in [0.25, 0.3) is 6.08 Å². The molecule has 3 aromatic rings. The van der Waals surface area contributed by atoms with Crippen molar-refractivity contribution < 1.29 is 28.3 Å². The molecule has 1 fully saturated rings. The Hall–Kier alpha value is -4.24. The third-order valence-electron chi connectivity index (χ3n) is 5.25. The van der Waals surface area contributed by atoms with Crippen LogP contribution in [0.15, 0.2) is 83.8 Å². The summed E-state index contributed by atoms with van der Waals surface area (Å²) in [5, 5.41) is 2.11. The second-order valence-electron chi connectivity index (χ2n) is 7.71. The number of carbonyl (C=O) groups excluding carboxylic acids is 4. The smallest absolute Gasteiger partial charge is 0.293 e. The highest BCUT2D eigenvalue weighted by molar-refractivity contribution is 8.18. The first-order chi connectivity index (χ1) is 17.4. The minimum absolute atomic E-state index is 0.0265. The molecular weight excluding hydrogens is 483 g/mol. The Bertz CT molecular complexity index is 1330. The number of nitrogens with one attached hydrogen (secondary N) is 1. The molecule has 4 rings (SSSR count). The van der Waals surface area contributed by atoms with Crippen molar-refractivity contribution in [2.75, 3.05) is 19.7 Å². The highest BCUT2D eigenvalue weighted by Gasteiger charge is 2.34. The van der Waals surface area contributed by atoms with E-state index in [1.807, 2.05) is 6.07 Å². The quantitative estimate of drug-likeness (QED) is 0.345. The molecule has 0 unspecified atom stereocenters. The molecule has 1 heterocycles. The Labute approximate surface area is 210 Å². The number of amides is 3. The molecule has 1 N–H and O–H groups in total. The van der Waals surface area contributed by atoms with Crippen molar-refractivity contribution in [2.24, 2.45) is 0 Å². The maximum absolute atomic E-state index is 13.8. The number of ketones is 1. The zero-order chi connectivity index (χ0) is 25.5. The van der Waals surface area contributed by atoms with Crippen LogP contribution in [0.1, 0.15) is 21.5 Å². The Morgan fingerprint density at radius 1 is 0.917 bits per heavy atom. The molecule has 0 bridgehead atoms. The number of benzene rings is 3. The number of nitrogens with zero attached hydrogens (tertiary/aromatic N) is 1. The number of halogens is 1. The average Bonchev–Trinajstić information content (AvgIpc) is 3.16. The number of thioether (sulfide) groups is 1. The molecule has 7 nitrogen and oxygen atoms in total. The fourth-order valence-electron chi connectivity index (χ4n) is 3.39. The van der Waals surface area contributed by atoms with Crippen LogP contribution in [-0.2, 0) is 9.59 Å². The Kier molecular flexibility index (Phi) is 7.92. The van der Waals surface area contributed by atoms with Crippen LogP contribution in [0, 0.1) is 5.82 Å².